The molecule has 0 spiro atoms. The van der Waals surface area contributed by atoms with Gasteiger partial charge < -0.3 is 34.3 Å². The first-order valence-electron chi connectivity index (χ1n) is 16.2. The third-order valence-corrected chi connectivity index (χ3v) is 10.2. The van der Waals surface area contributed by atoms with Crippen molar-refractivity contribution in [1.29, 1.82) is 0 Å². The van der Waals surface area contributed by atoms with Crippen LogP contribution in [0.15, 0.2) is 121 Å². The SMILES string of the molecule is CO[P+]1([O-])O[C@@H]([C@@H](OCc2ccccc2)[C@H](COCc2ccccc2)OCc2ccccc2)[C@H](NC(C)=O)[C@@H](OCc2ccccc2)[C@@H]1O. The molecule has 1 fully saturated rings. The minimum atomic E-state index is -4.24. The fraction of sp³-hybridized carbons (Fsp3) is 0.342. The maximum absolute atomic E-state index is 14.2. The standard InChI is InChI=1S/C38H44NO9P/c1-28(40)39-34-36(48-49(42,43-2)38(41)37(34)47-26-32-21-13-6-14-22-32)35(46-25-31-19-11-5-12-20-31)33(45-24-30-17-9-4-10-18-30)27-44-23-29-15-7-3-8-16-29/h3-22,33-38,41H,23-27H2,1-2H3,(H,39,40)/t33-,34-,35-,36+,37+,38+,49?/m0/s1. The third-order valence-electron chi connectivity index (χ3n) is 8.18. The van der Waals surface area contributed by atoms with E-state index < -0.39 is 50.2 Å². The summed E-state index contributed by atoms with van der Waals surface area (Å²) < 4.78 is 37.2. The predicted molar refractivity (Wildman–Crippen MR) is 184 cm³/mol. The minimum Gasteiger partial charge on any atom is -0.629 e. The van der Waals surface area contributed by atoms with Crippen molar-refractivity contribution in [2.24, 2.45) is 0 Å². The summed E-state index contributed by atoms with van der Waals surface area (Å²) >= 11 is 0. The van der Waals surface area contributed by atoms with Gasteiger partial charge in [0, 0.05) is 6.92 Å². The molecule has 4 aromatic rings. The number of carbonyl (C=O) groups is 1. The maximum atomic E-state index is 14.2. The summed E-state index contributed by atoms with van der Waals surface area (Å²) in [6, 6.07) is 37.3. The van der Waals surface area contributed by atoms with Crippen molar-refractivity contribution >= 4 is 13.9 Å². The Bertz CT molecular complexity index is 1540. The van der Waals surface area contributed by atoms with E-state index in [1.165, 1.54) is 14.0 Å². The Morgan fingerprint density at radius 3 is 1.73 bits per heavy atom. The van der Waals surface area contributed by atoms with Crippen LogP contribution in [-0.2, 0) is 59.2 Å². The summed E-state index contributed by atoms with van der Waals surface area (Å²) in [4.78, 5) is 26.9. The Labute approximate surface area is 288 Å². The number of aliphatic hydroxyl groups is 1. The fourth-order valence-corrected chi connectivity index (χ4v) is 7.33. The molecule has 0 radical (unpaired) electrons. The smallest absolute Gasteiger partial charge is 0.270 e. The van der Waals surface area contributed by atoms with E-state index in [0.29, 0.717) is 6.61 Å². The number of hydrogen-bond acceptors (Lipinski definition) is 9. The van der Waals surface area contributed by atoms with Crippen LogP contribution in [0.1, 0.15) is 29.2 Å². The Hall–Kier alpha value is -3.54. The highest BCUT2D eigenvalue weighted by Crippen LogP contribution is 2.62. The van der Waals surface area contributed by atoms with Crippen molar-refractivity contribution in [2.75, 3.05) is 13.7 Å². The molecule has 7 atom stereocenters. The molecule has 0 aliphatic carbocycles. The van der Waals surface area contributed by atoms with Crippen LogP contribution in [0.3, 0.4) is 0 Å². The van der Waals surface area contributed by atoms with Crippen LogP contribution < -0.4 is 10.2 Å². The molecule has 11 heteroatoms. The molecule has 4 aromatic carbocycles. The summed E-state index contributed by atoms with van der Waals surface area (Å²) in [5, 5.41) is 14.3. The molecule has 2 N–H and O–H groups in total. The number of aliphatic hydroxyl groups excluding tert-OH is 1. The molecular weight excluding hydrogens is 645 g/mol. The van der Waals surface area contributed by atoms with E-state index in [0.717, 1.165) is 22.3 Å². The lowest BCUT2D eigenvalue weighted by atomic mass is 9.95. The van der Waals surface area contributed by atoms with E-state index in [-0.39, 0.29) is 26.4 Å². The van der Waals surface area contributed by atoms with Gasteiger partial charge in [-0.25, -0.2) is 4.52 Å². The van der Waals surface area contributed by atoms with Crippen LogP contribution in [0.5, 0.6) is 0 Å². The average molecular weight is 690 g/mol. The molecule has 10 nitrogen and oxygen atoms in total. The first-order chi connectivity index (χ1) is 23.9. The van der Waals surface area contributed by atoms with Crippen LogP contribution in [0.25, 0.3) is 0 Å². The Balaban J connectivity index is 1.51. The molecule has 1 aliphatic rings. The van der Waals surface area contributed by atoms with E-state index >= 15 is 0 Å². The van der Waals surface area contributed by atoms with Gasteiger partial charge in [-0.15, -0.1) is 0 Å². The van der Waals surface area contributed by atoms with Gasteiger partial charge in [-0.3, -0.25) is 4.79 Å². The van der Waals surface area contributed by atoms with Gasteiger partial charge in [0.25, 0.3) is 7.94 Å². The van der Waals surface area contributed by atoms with Crippen molar-refractivity contribution in [3.8, 4) is 0 Å². The van der Waals surface area contributed by atoms with Crippen LogP contribution in [0.4, 0.5) is 0 Å². The number of nitrogens with one attached hydrogen (secondary N) is 1. The molecule has 260 valence electrons. The molecule has 0 saturated carbocycles. The molecule has 1 unspecified atom stereocenters. The average Bonchev–Trinajstić information content (AvgIpc) is 3.13. The van der Waals surface area contributed by atoms with Crippen molar-refractivity contribution in [3.63, 3.8) is 0 Å². The van der Waals surface area contributed by atoms with Gasteiger partial charge in [-0.05, 0) is 22.3 Å². The van der Waals surface area contributed by atoms with Crippen LogP contribution in [0.2, 0.25) is 0 Å². The molecule has 0 aromatic heterocycles. The lowest BCUT2D eigenvalue weighted by molar-refractivity contribution is -0.262. The van der Waals surface area contributed by atoms with Crippen LogP contribution in [0, 0.1) is 0 Å². The number of carbonyl (C=O) groups excluding carboxylic acids is 1. The fourth-order valence-electron chi connectivity index (χ4n) is 5.68. The summed E-state index contributed by atoms with van der Waals surface area (Å²) in [5.74, 6) is -2.11. The highest BCUT2D eigenvalue weighted by Gasteiger charge is 2.60. The molecular formula is C38H44NO9P. The number of ether oxygens (including phenoxy) is 4. The van der Waals surface area contributed by atoms with E-state index in [1.807, 2.05) is 121 Å². The zero-order valence-electron chi connectivity index (χ0n) is 27.7. The predicted octanol–water partition coefficient (Wildman–Crippen LogP) is 4.95. The largest absolute Gasteiger partial charge is 0.629 e. The van der Waals surface area contributed by atoms with Crippen LogP contribution >= 0.6 is 7.94 Å². The van der Waals surface area contributed by atoms with E-state index in [2.05, 4.69) is 5.32 Å². The Morgan fingerprint density at radius 1 is 0.776 bits per heavy atom. The van der Waals surface area contributed by atoms with Crippen molar-refractivity contribution < 1.29 is 42.8 Å². The van der Waals surface area contributed by atoms with Crippen molar-refractivity contribution in [2.45, 2.75) is 69.7 Å². The number of hydrogen-bond donors (Lipinski definition) is 2. The molecule has 1 aliphatic heterocycles. The summed E-state index contributed by atoms with van der Waals surface area (Å²) in [5.41, 5.74) is 3.58. The lowest BCUT2D eigenvalue weighted by Crippen LogP contribution is -2.66. The number of amides is 1. The first-order valence-corrected chi connectivity index (χ1v) is 17.8. The Morgan fingerprint density at radius 2 is 1.24 bits per heavy atom. The maximum Gasteiger partial charge on any atom is 0.270 e. The van der Waals surface area contributed by atoms with Gasteiger partial charge in [0.15, 0.2) is 6.10 Å². The van der Waals surface area contributed by atoms with E-state index in [4.69, 9.17) is 28.0 Å². The van der Waals surface area contributed by atoms with Crippen LogP contribution in [-0.4, -0.2) is 61.0 Å². The Kier molecular flexibility index (Phi) is 13.8. The second kappa shape index (κ2) is 18.5. The van der Waals surface area contributed by atoms with Crippen molar-refractivity contribution in [1.82, 2.24) is 5.32 Å². The summed E-state index contributed by atoms with van der Waals surface area (Å²) in [6.07, 6.45) is -4.15. The highest BCUT2D eigenvalue weighted by atomic mass is 31.2. The van der Waals surface area contributed by atoms with E-state index in [1.54, 1.807) is 0 Å². The molecule has 0 bridgehead atoms. The number of rotatable bonds is 17. The molecule has 49 heavy (non-hydrogen) atoms. The third kappa shape index (κ3) is 10.5. The monoisotopic (exact) mass is 689 g/mol. The normalized spacial score (nSPS) is 23.4. The van der Waals surface area contributed by atoms with E-state index in [9.17, 15) is 14.8 Å². The van der Waals surface area contributed by atoms with Crippen molar-refractivity contribution in [3.05, 3.63) is 144 Å². The molecule has 1 heterocycles. The first kappa shape index (κ1) is 36.7. The van der Waals surface area contributed by atoms with Gasteiger partial charge in [-0.1, -0.05) is 121 Å². The zero-order chi connectivity index (χ0) is 34.5. The molecule has 1 saturated heterocycles. The van der Waals surface area contributed by atoms with Gasteiger partial charge in [-0.2, -0.15) is 4.52 Å². The topological polar surface area (TPSA) is 128 Å². The number of benzene rings is 4. The highest BCUT2D eigenvalue weighted by molar-refractivity contribution is 7.59. The zero-order valence-corrected chi connectivity index (χ0v) is 28.6. The summed E-state index contributed by atoms with van der Waals surface area (Å²) in [7, 11) is -3.03. The van der Waals surface area contributed by atoms with Gasteiger partial charge >= 0.3 is 0 Å². The lowest BCUT2D eigenvalue weighted by Gasteiger charge is -2.48. The van der Waals surface area contributed by atoms with Gasteiger partial charge in [0.2, 0.25) is 11.8 Å². The van der Waals surface area contributed by atoms with Gasteiger partial charge in [0.05, 0.1) is 46.2 Å². The molecule has 1 amide bonds. The van der Waals surface area contributed by atoms with Gasteiger partial charge in [0.1, 0.15) is 18.3 Å². The summed E-state index contributed by atoms with van der Waals surface area (Å²) in [6.45, 7) is 2.13. The second-order valence-corrected chi connectivity index (χ2v) is 14.0. The quantitative estimate of drug-likeness (QED) is 0.148. The minimum absolute atomic E-state index is 0.0587. The second-order valence-electron chi connectivity index (χ2n) is 11.8. The molecule has 5 rings (SSSR count).